The monoisotopic (exact) mass is 351 g/mol. The fourth-order valence-corrected chi connectivity index (χ4v) is 2.84. The summed E-state index contributed by atoms with van der Waals surface area (Å²) in [5.41, 5.74) is 1.72. The first-order chi connectivity index (χ1) is 12.1. The number of non-ortho nitro benzene ring substituents is 1. The summed E-state index contributed by atoms with van der Waals surface area (Å²) < 4.78 is 1.58. The molecule has 2 aromatic heterocycles. The highest BCUT2D eigenvalue weighted by Crippen LogP contribution is 2.26. The van der Waals surface area contributed by atoms with Gasteiger partial charge in [-0.3, -0.25) is 24.6 Å². The predicted octanol–water partition coefficient (Wildman–Crippen LogP) is 3.24. The molecule has 4 rings (SSSR count). The molecule has 0 saturated carbocycles. The van der Waals surface area contributed by atoms with Gasteiger partial charge < -0.3 is 0 Å². The lowest BCUT2D eigenvalue weighted by Gasteiger charge is -2.05. The van der Waals surface area contributed by atoms with Crippen molar-refractivity contribution in [3.05, 3.63) is 69.0 Å². The zero-order chi connectivity index (χ0) is 17.6. The number of nitrogens with one attached hydrogen (secondary N) is 1. The first-order valence-corrected chi connectivity index (χ1v) is 7.62. The van der Waals surface area contributed by atoms with Gasteiger partial charge in [-0.2, -0.15) is 10.1 Å². The van der Waals surface area contributed by atoms with Crippen molar-refractivity contribution < 1.29 is 9.72 Å². The normalized spacial score (nSPS) is 11.0. The van der Waals surface area contributed by atoms with E-state index in [4.69, 9.17) is 12.2 Å². The third-order valence-electron chi connectivity index (χ3n) is 3.82. The molecule has 0 aliphatic carbocycles. The van der Waals surface area contributed by atoms with Gasteiger partial charge in [-0.15, -0.1) is 0 Å². The second kappa shape index (κ2) is 5.56. The van der Waals surface area contributed by atoms with Crippen LogP contribution in [0.3, 0.4) is 0 Å². The van der Waals surface area contributed by atoms with Crippen LogP contribution < -0.4 is 0 Å². The highest BCUT2D eigenvalue weighted by atomic mass is 32.1. The molecule has 25 heavy (non-hydrogen) atoms. The summed E-state index contributed by atoms with van der Waals surface area (Å²) in [6.07, 6.45) is 0. The molecule has 4 aromatic rings. The zero-order valence-electron chi connectivity index (χ0n) is 12.5. The van der Waals surface area contributed by atoms with Crippen molar-refractivity contribution >= 4 is 45.9 Å². The van der Waals surface area contributed by atoms with Crippen LogP contribution in [0.5, 0.6) is 0 Å². The Bertz CT molecular complexity index is 1210. The number of carbonyl (C=O) groups is 1. The molecule has 0 atom stereocenters. The van der Waals surface area contributed by atoms with E-state index in [0.717, 1.165) is 5.39 Å². The molecule has 2 heterocycles. The standard InChI is InChI=1S/C16H9N5O3S/c22-15(9-5-7-10(8-6-9)21(23)24)20-12-4-2-1-3-11(12)13-14(20)17-16(25)19-18-13/h1-8H,(H,17,19,25). The first kappa shape index (κ1) is 15.1. The number of H-pyrrole nitrogens is 1. The molecule has 0 spiro atoms. The van der Waals surface area contributed by atoms with Gasteiger partial charge in [0.2, 0.25) is 4.77 Å². The minimum absolute atomic E-state index is 0.0824. The maximum Gasteiger partial charge on any atom is 0.269 e. The molecule has 0 radical (unpaired) electrons. The van der Waals surface area contributed by atoms with Crippen molar-refractivity contribution in [3.63, 3.8) is 0 Å². The minimum Gasteiger partial charge on any atom is -0.268 e. The number of aromatic nitrogens is 4. The van der Waals surface area contributed by atoms with E-state index >= 15 is 0 Å². The van der Waals surface area contributed by atoms with E-state index < -0.39 is 4.92 Å². The summed E-state index contributed by atoms with van der Waals surface area (Å²) in [4.78, 5) is 27.5. The molecule has 0 aliphatic heterocycles. The average Bonchev–Trinajstić information content (AvgIpc) is 2.94. The summed E-state index contributed by atoms with van der Waals surface area (Å²) in [5.74, 6) is -0.365. The molecule has 0 unspecified atom stereocenters. The first-order valence-electron chi connectivity index (χ1n) is 7.21. The van der Waals surface area contributed by atoms with Crippen LogP contribution in [0.1, 0.15) is 10.4 Å². The molecule has 9 heteroatoms. The molecule has 0 bridgehead atoms. The number of fused-ring (bicyclic) bond motifs is 3. The lowest BCUT2D eigenvalue weighted by Crippen LogP contribution is -2.12. The summed E-state index contributed by atoms with van der Waals surface area (Å²) >= 11 is 5.02. The third-order valence-corrected chi connectivity index (χ3v) is 4.01. The summed E-state index contributed by atoms with van der Waals surface area (Å²) in [6, 6.07) is 12.7. The number of nitrogens with zero attached hydrogens (tertiary/aromatic N) is 4. The predicted molar refractivity (Wildman–Crippen MR) is 93.0 cm³/mol. The van der Waals surface area contributed by atoms with E-state index in [1.54, 1.807) is 12.1 Å². The van der Waals surface area contributed by atoms with Gasteiger partial charge in [-0.25, -0.2) is 0 Å². The highest BCUT2D eigenvalue weighted by Gasteiger charge is 2.20. The van der Waals surface area contributed by atoms with E-state index in [1.807, 2.05) is 12.1 Å². The van der Waals surface area contributed by atoms with Crippen LogP contribution in [0.25, 0.3) is 22.1 Å². The number of nitro benzene ring substituents is 1. The molecule has 122 valence electrons. The molecule has 0 aliphatic rings. The largest absolute Gasteiger partial charge is 0.269 e. The molecule has 1 N–H and O–H groups in total. The number of carbonyl (C=O) groups excluding carboxylic acids is 1. The van der Waals surface area contributed by atoms with Crippen molar-refractivity contribution in [2.75, 3.05) is 0 Å². The number of aromatic amines is 1. The number of rotatable bonds is 2. The Morgan fingerprint density at radius 2 is 1.88 bits per heavy atom. The van der Waals surface area contributed by atoms with Crippen LogP contribution in [0.2, 0.25) is 0 Å². The van der Waals surface area contributed by atoms with E-state index in [2.05, 4.69) is 15.2 Å². The smallest absolute Gasteiger partial charge is 0.268 e. The van der Waals surface area contributed by atoms with Crippen molar-refractivity contribution in [3.8, 4) is 0 Å². The fraction of sp³-hybridized carbons (Fsp3) is 0. The fourth-order valence-electron chi connectivity index (χ4n) is 2.71. The zero-order valence-corrected chi connectivity index (χ0v) is 13.4. The Morgan fingerprint density at radius 3 is 2.60 bits per heavy atom. The summed E-state index contributed by atoms with van der Waals surface area (Å²) in [7, 11) is 0. The van der Waals surface area contributed by atoms with Gasteiger partial charge in [0.1, 0.15) is 5.52 Å². The van der Waals surface area contributed by atoms with Crippen LogP contribution in [0.4, 0.5) is 5.69 Å². The van der Waals surface area contributed by atoms with Crippen molar-refractivity contribution in [1.29, 1.82) is 0 Å². The maximum absolute atomic E-state index is 13.0. The van der Waals surface area contributed by atoms with E-state index in [1.165, 1.54) is 28.8 Å². The van der Waals surface area contributed by atoms with Crippen LogP contribution in [0, 0.1) is 14.9 Å². The van der Waals surface area contributed by atoms with Crippen LogP contribution in [0.15, 0.2) is 48.5 Å². The highest BCUT2D eigenvalue weighted by molar-refractivity contribution is 7.71. The number of benzene rings is 2. The Kier molecular flexibility index (Phi) is 3.36. The number of hydrogen-bond acceptors (Lipinski definition) is 6. The van der Waals surface area contributed by atoms with Gasteiger partial charge >= 0.3 is 0 Å². The Morgan fingerprint density at radius 1 is 1.16 bits per heavy atom. The molecule has 2 aromatic carbocycles. The lowest BCUT2D eigenvalue weighted by molar-refractivity contribution is -0.384. The molecule has 0 amide bonds. The molecular weight excluding hydrogens is 342 g/mol. The number of nitro groups is 1. The number of para-hydroxylation sites is 1. The van der Waals surface area contributed by atoms with Gasteiger partial charge in [0.25, 0.3) is 11.6 Å². The summed E-state index contributed by atoms with van der Waals surface area (Å²) in [6.45, 7) is 0. The average molecular weight is 351 g/mol. The molecular formula is C16H9N5O3S. The number of hydrogen-bond donors (Lipinski definition) is 1. The minimum atomic E-state index is -0.514. The lowest BCUT2D eigenvalue weighted by atomic mass is 10.2. The quantitative estimate of drug-likeness (QED) is 0.337. The Hall–Kier alpha value is -3.46. The summed E-state index contributed by atoms with van der Waals surface area (Å²) in [5, 5.41) is 18.4. The van der Waals surface area contributed by atoms with Gasteiger partial charge in [-0.1, -0.05) is 18.2 Å². The van der Waals surface area contributed by atoms with E-state index in [9.17, 15) is 14.9 Å². The second-order valence-electron chi connectivity index (χ2n) is 5.27. The van der Waals surface area contributed by atoms with E-state index in [-0.39, 0.29) is 16.4 Å². The molecule has 8 nitrogen and oxygen atoms in total. The van der Waals surface area contributed by atoms with Crippen molar-refractivity contribution in [1.82, 2.24) is 19.7 Å². The maximum atomic E-state index is 13.0. The molecule has 0 fully saturated rings. The van der Waals surface area contributed by atoms with Gasteiger partial charge in [0.05, 0.1) is 10.4 Å². The second-order valence-corrected chi connectivity index (χ2v) is 5.66. The Balaban J connectivity index is 1.98. The van der Waals surface area contributed by atoms with Crippen molar-refractivity contribution in [2.45, 2.75) is 0 Å². The Labute approximate surface area is 144 Å². The van der Waals surface area contributed by atoms with Crippen LogP contribution in [-0.2, 0) is 0 Å². The van der Waals surface area contributed by atoms with Crippen LogP contribution >= 0.6 is 12.2 Å². The third kappa shape index (κ3) is 2.37. The SMILES string of the molecule is O=C(c1ccc([N+](=O)[O-])cc1)n1c2ccccc2c2n[nH]c(=S)nc21. The topological polar surface area (TPSA) is 107 Å². The van der Waals surface area contributed by atoms with Crippen molar-refractivity contribution in [2.24, 2.45) is 0 Å². The molecule has 0 saturated heterocycles. The van der Waals surface area contributed by atoms with E-state index in [0.29, 0.717) is 22.2 Å². The van der Waals surface area contributed by atoms with Crippen LogP contribution in [-0.4, -0.2) is 30.6 Å². The van der Waals surface area contributed by atoms with Gasteiger partial charge in [0.15, 0.2) is 5.65 Å². The van der Waals surface area contributed by atoms with Gasteiger partial charge in [0, 0.05) is 23.1 Å². The van der Waals surface area contributed by atoms with Gasteiger partial charge in [-0.05, 0) is 30.4 Å².